The van der Waals surface area contributed by atoms with E-state index in [0.717, 1.165) is 11.0 Å². The van der Waals surface area contributed by atoms with Crippen LogP contribution in [0.15, 0.2) is 0 Å². The average molecular weight is 215 g/mol. The van der Waals surface area contributed by atoms with E-state index in [9.17, 15) is 0 Å². The third-order valence-corrected chi connectivity index (χ3v) is 1.01. The molecule has 0 unspecified atom stereocenters. The molecule has 44 valence electrons. The van der Waals surface area contributed by atoms with Crippen LogP contribution in [0.25, 0.3) is 0 Å². The highest BCUT2D eigenvalue weighted by atomic mass is 127. The standard InChI is InChI=1S/C3H10IN3/c4-1-2-7-3(5)6/h3,7H,1-2,5-6H2. The summed E-state index contributed by atoms with van der Waals surface area (Å²) in [6.45, 7) is 0.887. The molecule has 0 rings (SSSR count). The zero-order chi connectivity index (χ0) is 5.70. The van der Waals surface area contributed by atoms with Crippen LogP contribution in [0.5, 0.6) is 0 Å². The van der Waals surface area contributed by atoms with Crippen molar-refractivity contribution in [1.29, 1.82) is 0 Å². The van der Waals surface area contributed by atoms with Gasteiger partial charge in [-0.25, -0.2) is 0 Å². The highest BCUT2D eigenvalue weighted by Crippen LogP contribution is 1.74. The molecule has 0 aromatic carbocycles. The van der Waals surface area contributed by atoms with Crippen LogP contribution in [0, 0.1) is 0 Å². The van der Waals surface area contributed by atoms with Gasteiger partial charge >= 0.3 is 0 Å². The summed E-state index contributed by atoms with van der Waals surface area (Å²) in [5, 5.41) is 2.84. The Hall–Kier alpha value is 0.610. The molecule has 0 amide bonds. The molecule has 4 heteroatoms. The molecule has 0 atom stereocenters. The average Bonchev–Trinajstić information content (AvgIpc) is 1.61. The lowest BCUT2D eigenvalue weighted by Crippen LogP contribution is -2.45. The van der Waals surface area contributed by atoms with Crippen molar-refractivity contribution in [3.63, 3.8) is 0 Å². The van der Waals surface area contributed by atoms with Gasteiger partial charge in [-0.3, -0.25) is 5.32 Å². The van der Waals surface area contributed by atoms with E-state index in [0.29, 0.717) is 0 Å². The first-order valence-corrected chi connectivity index (χ1v) is 3.60. The third kappa shape index (κ3) is 6.61. The molecule has 0 aliphatic carbocycles. The van der Waals surface area contributed by atoms with Gasteiger partial charge in [-0.2, -0.15) is 0 Å². The maximum absolute atomic E-state index is 5.14. The van der Waals surface area contributed by atoms with Crippen LogP contribution in [0.4, 0.5) is 0 Å². The van der Waals surface area contributed by atoms with Crippen LogP contribution in [-0.2, 0) is 0 Å². The van der Waals surface area contributed by atoms with Crippen molar-refractivity contribution in [2.75, 3.05) is 11.0 Å². The monoisotopic (exact) mass is 215 g/mol. The van der Waals surface area contributed by atoms with Gasteiger partial charge in [0.2, 0.25) is 0 Å². The number of alkyl halides is 1. The summed E-state index contributed by atoms with van der Waals surface area (Å²) in [6.07, 6.45) is -0.352. The SMILES string of the molecule is NC(N)NCCI. The minimum atomic E-state index is -0.352. The Bertz CT molecular complexity index is 39.2. The second-order valence-electron chi connectivity index (χ2n) is 1.17. The number of hydrogen-bond donors (Lipinski definition) is 3. The molecule has 0 spiro atoms. The van der Waals surface area contributed by atoms with Crippen LogP contribution >= 0.6 is 22.6 Å². The zero-order valence-electron chi connectivity index (χ0n) is 4.02. The first kappa shape index (κ1) is 7.61. The number of nitrogens with one attached hydrogen (secondary N) is 1. The van der Waals surface area contributed by atoms with Crippen molar-refractivity contribution in [1.82, 2.24) is 5.32 Å². The highest BCUT2D eigenvalue weighted by Gasteiger charge is 1.86. The summed E-state index contributed by atoms with van der Waals surface area (Å²) in [5.74, 6) is 0. The molecule has 0 aromatic rings. The predicted octanol–water partition coefficient (Wildman–Crippen LogP) is -0.788. The van der Waals surface area contributed by atoms with Crippen molar-refractivity contribution in [2.24, 2.45) is 11.5 Å². The van der Waals surface area contributed by atoms with Gasteiger partial charge in [0.25, 0.3) is 0 Å². The largest absolute Gasteiger partial charge is 0.304 e. The Morgan fingerprint density at radius 3 is 2.29 bits per heavy atom. The van der Waals surface area contributed by atoms with Crippen LogP contribution in [0.2, 0.25) is 0 Å². The minimum absolute atomic E-state index is 0.352. The molecule has 0 aromatic heterocycles. The predicted molar refractivity (Wildman–Crippen MR) is 39.1 cm³/mol. The summed E-state index contributed by atoms with van der Waals surface area (Å²) in [5.41, 5.74) is 10.3. The molecule has 0 bridgehead atoms. The van der Waals surface area contributed by atoms with Crippen LogP contribution in [-0.4, -0.2) is 17.3 Å². The van der Waals surface area contributed by atoms with E-state index < -0.39 is 0 Å². The molecule has 5 N–H and O–H groups in total. The Morgan fingerprint density at radius 2 is 2.14 bits per heavy atom. The Morgan fingerprint density at radius 1 is 1.57 bits per heavy atom. The molecule has 0 saturated heterocycles. The fourth-order valence-corrected chi connectivity index (χ4v) is 0.533. The van der Waals surface area contributed by atoms with E-state index in [1.54, 1.807) is 0 Å². The van der Waals surface area contributed by atoms with Crippen LogP contribution in [0.1, 0.15) is 0 Å². The van der Waals surface area contributed by atoms with Gasteiger partial charge < -0.3 is 11.5 Å². The summed E-state index contributed by atoms with van der Waals surface area (Å²) < 4.78 is 1.04. The van der Waals surface area contributed by atoms with E-state index in [2.05, 4.69) is 27.9 Å². The van der Waals surface area contributed by atoms with E-state index >= 15 is 0 Å². The minimum Gasteiger partial charge on any atom is -0.304 e. The smallest absolute Gasteiger partial charge is 0.106 e. The highest BCUT2D eigenvalue weighted by molar-refractivity contribution is 14.1. The first-order valence-electron chi connectivity index (χ1n) is 2.08. The second-order valence-corrected chi connectivity index (χ2v) is 2.25. The van der Waals surface area contributed by atoms with Gasteiger partial charge in [0, 0.05) is 11.0 Å². The summed E-state index contributed by atoms with van der Waals surface area (Å²) in [4.78, 5) is 0. The van der Waals surface area contributed by atoms with Crippen molar-refractivity contribution in [3.05, 3.63) is 0 Å². The summed E-state index contributed by atoms with van der Waals surface area (Å²) in [6, 6.07) is 0. The molecule has 7 heavy (non-hydrogen) atoms. The third-order valence-electron chi connectivity index (χ3n) is 0.475. The lowest BCUT2D eigenvalue weighted by Gasteiger charge is -2.03. The van der Waals surface area contributed by atoms with Gasteiger partial charge in [-0.05, 0) is 0 Å². The fraction of sp³-hybridized carbons (Fsp3) is 1.00. The quantitative estimate of drug-likeness (QED) is 0.328. The molecule has 3 nitrogen and oxygen atoms in total. The van der Waals surface area contributed by atoms with E-state index in [1.807, 2.05) is 0 Å². The summed E-state index contributed by atoms with van der Waals surface area (Å²) >= 11 is 2.25. The van der Waals surface area contributed by atoms with Crippen molar-refractivity contribution >= 4 is 22.6 Å². The molecule has 0 aliphatic rings. The Balaban J connectivity index is 2.68. The molecule has 0 radical (unpaired) electrons. The maximum Gasteiger partial charge on any atom is 0.106 e. The van der Waals surface area contributed by atoms with Gasteiger partial charge in [-0.15, -0.1) is 0 Å². The number of nitrogens with two attached hydrogens (primary N) is 2. The molecule has 0 fully saturated rings. The maximum atomic E-state index is 5.14. The lowest BCUT2D eigenvalue weighted by atomic mass is 10.7. The number of hydrogen-bond acceptors (Lipinski definition) is 3. The zero-order valence-corrected chi connectivity index (χ0v) is 6.18. The normalized spacial score (nSPS) is 10.3. The lowest BCUT2D eigenvalue weighted by molar-refractivity contribution is 0.570. The van der Waals surface area contributed by atoms with Gasteiger partial charge in [0.05, 0.1) is 0 Å². The van der Waals surface area contributed by atoms with Crippen molar-refractivity contribution < 1.29 is 0 Å². The Labute approximate surface area is 57.0 Å². The van der Waals surface area contributed by atoms with Gasteiger partial charge in [0.15, 0.2) is 0 Å². The van der Waals surface area contributed by atoms with Crippen LogP contribution in [0.3, 0.4) is 0 Å². The van der Waals surface area contributed by atoms with Gasteiger partial charge in [-0.1, -0.05) is 22.6 Å². The Kier molecular flexibility index (Phi) is 5.18. The molecular weight excluding hydrogens is 205 g/mol. The summed E-state index contributed by atoms with van der Waals surface area (Å²) in [7, 11) is 0. The topological polar surface area (TPSA) is 64.1 Å². The van der Waals surface area contributed by atoms with Crippen LogP contribution < -0.4 is 16.8 Å². The number of halogens is 1. The second kappa shape index (κ2) is 4.76. The molecule has 0 aliphatic heterocycles. The van der Waals surface area contributed by atoms with E-state index in [-0.39, 0.29) is 6.29 Å². The molecular formula is C3H10IN3. The van der Waals surface area contributed by atoms with Crippen molar-refractivity contribution in [3.8, 4) is 0 Å². The number of rotatable bonds is 3. The van der Waals surface area contributed by atoms with E-state index in [1.165, 1.54) is 0 Å². The van der Waals surface area contributed by atoms with E-state index in [4.69, 9.17) is 11.5 Å². The fourth-order valence-electron chi connectivity index (χ4n) is 0.221. The van der Waals surface area contributed by atoms with Crippen molar-refractivity contribution in [2.45, 2.75) is 6.29 Å². The molecule has 0 heterocycles. The first-order chi connectivity index (χ1) is 3.27. The van der Waals surface area contributed by atoms with Gasteiger partial charge in [0.1, 0.15) is 6.29 Å². The molecule has 0 saturated carbocycles.